The zero-order valence-corrected chi connectivity index (χ0v) is 11.7. The fraction of sp³-hybridized carbons (Fsp3) is 0.400. The highest BCUT2D eigenvalue weighted by Crippen LogP contribution is 2.12. The van der Waals surface area contributed by atoms with Crippen LogP contribution in [0.5, 0.6) is 0 Å². The summed E-state index contributed by atoms with van der Waals surface area (Å²) in [5.41, 5.74) is 1.37. The van der Waals surface area contributed by atoms with Crippen LogP contribution in [0.1, 0.15) is 30.4 Å². The van der Waals surface area contributed by atoms with Crippen molar-refractivity contribution in [3.8, 4) is 6.07 Å². The Hall–Kier alpha value is -2.39. The van der Waals surface area contributed by atoms with Gasteiger partial charge in [0, 0.05) is 19.5 Å². The summed E-state index contributed by atoms with van der Waals surface area (Å²) in [6.45, 7) is 1.25. The Morgan fingerprint density at radius 2 is 1.76 bits per heavy atom. The molecule has 0 aliphatic heterocycles. The fourth-order valence-corrected chi connectivity index (χ4v) is 1.99. The van der Waals surface area contributed by atoms with E-state index in [1.807, 2.05) is 17.0 Å². The zero-order valence-electron chi connectivity index (χ0n) is 11.7. The number of nitriles is 1. The Morgan fingerprint density at radius 3 is 2.38 bits per heavy atom. The molecule has 0 amide bonds. The maximum atomic E-state index is 10.7. The van der Waals surface area contributed by atoms with E-state index < -0.39 is 11.9 Å². The summed E-state index contributed by atoms with van der Waals surface area (Å²) in [5.74, 6) is -1.77. The minimum atomic E-state index is -0.896. The van der Waals surface area contributed by atoms with Crippen LogP contribution in [0.25, 0.3) is 0 Å². The maximum absolute atomic E-state index is 10.7. The summed E-state index contributed by atoms with van der Waals surface area (Å²) in [4.78, 5) is 23.1. The lowest BCUT2D eigenvalue weighted by Crippen LogP contribution is -2.28. The van der Waals surface area contributed by atoms with Crippen LogP contribution in [-0.2, 0) is 16.1 Å². The highest BCUT2D eigenvalue weighted by Gasteiger charge is 2.11. The first kappa shape index (κ1) is 16.7. The van der Waals surface area contributed by atoms with Crippen LogP contribution in [0.4, 0.5) is 0 Å². The van der Waals surface area contributed by atoms with E-state index in [9.17, 15) is 9.59 Å². The van der Waals surface area contributed by atoms with Crippen molar-refractivity contribution in [3.05, 3.63) is 35.4 Å². The van der Waals surface area contributed by atoms with Crippen LogP contribution in [-0.4, -0.2) is 40.1 Å². The first-order chi connectivity index (χ1) is 10.0. The number of nitrogens with zero attached hydrogens (tertiary/aromatic N) is 2. The van der Waals surface area contributed by atoms with Crippen molar-refractivity contribution >= 4 is 11.9 Å². The van der Waals surface area contributed by atoms with Crippen molar-refractivity contribution in [3.63, 3.8) is 0 Å². The Labute approximate surface area is 123 Å². The lowest BCUT2D eigenvalue weighted by Gasteiger charge is -2.21. The largest absolute Gasteiger partial charge is 0.481 e. The predicted octanol–water partition coefficient (Wildman–Crippen LogP) is 1.70. The second-order valence-electron chi connectivity index (χ2n) is 4.69. The van der Waals surface area contributed by atoms with E-state index in [0.29, 0.717) is 31.6 Å². The number of benzene rings is 1. The van der Waals surface area contributed by atoms with E-state index in [4.69, 9.17) is 15.5 Å². The van der Waals surface area contributed by atoms with Crippen molar-refractivity contribution in [2.24, 2.45) is 0 Å². The van der Waals surface area contributed by atoms with Gasteiger partial charge >= 0.3 is 11.9 Å². The normalized spacial score (nSPS) is 10.3. The number of carboxylic acids is 2. The van der Waals surface area contributed by atoms with Gasteiger partial charge in [-0.1, -0.05) is 18.2 Å². The minimum absolute atomic E-state index is 0.0121. The molecule has 21 heavy (non-hydrogen) atoms. The van der Waals surface area contributed by atoms with Crippen molar-refractivity contribution in [2.75, 3.05) is 13.1 Å². The van der Waals surface area contributed by atoms with Gasteiger partial charge in [-0.15, -0.1) is 0 Å². The standard InChI is InChI=1S/C15H18N2O4/c16-10-12-4-1-2-5-13(12)11-17(9-7-15(20)21)8-3-6-14(18)19/h1-2,4-5H,3,6-9,11H2,(H,18,19)(H,20,21). The summed E-state index contributed by atoms with van der Waals surface area (Å²) in [7, 11) is 0. The molecular weight excluding hydrogens is 272 g/mol. The van der Waals surface area contributed by atoms with Crippen LogP contribution < -0.4 is 0 Å². The van der Waals surface area contributed by atoms with Crippen LogP contribution in [0.3, 0.4) is 0 Å². The van der Waals surface area contributed by atoms with Gasteiger partial charge in [-0.2, -0.15) is 5.26 Å². The molecule has 0 fully saturated rings. The number of hydrogen-bond acceptors (Lipinski definition) is 4. The SMILES string of the molecule is N#Cc1ccccc1CN(CCCC(=O)O)CCC(=O)O. The molecule has 6 heteroatoms. The van der Waals surface area contributed by atoms with Crippen molar-refractivity contribution < 1.29 is 19.8 Å². The highest BCUT2D eigenvalue weighted by molar-refractivity contribution is 5.67. The number of carbonyl (C=O) groups is 2. The van der Waals surface area contributed by atoms with Gasteiger partial charge in [0.25, 0.3) is 0 Å². The van der Waals surface area contributed by atoms with Gasteiger partial charge in [-0.3, -0.25) is 14.5 Å². The molecule has 0 atom stereocenters. The molecule has 0 aliphatic carbocycles. The monoisotopic (exact) mass is 290 g/mol. The van der Waals surface area contributed by atoms with E-state index in [-0.39, 0.29) is 12.8 Å². The third kappa shape index (κ3) is 6.54. The number of hydrogen-bond donors (Lipinski definition) is 2. The summed E-state index contributed by atoms with van der Waals surface area (Å²) < 4.78 is 0. The number of rotatable bonds is 9. The van der Waals surface area contributed by atoms with Crippen molar-refractivity contribution in [2.45, 2.75) is 25.8 Å². The lowest BCUT2D eigenvalue weighted by atomic mass is 10.1. The lowest BCUT2D eigenvalue weighted by molar-refractivity contribution is -0.138. The second-order valence-corrected chi connectivity index (χ2v) is 4.69. The molecule has 2 N–H and O–H groups in total. The van der Waals surface area contributed by atoms with E-state index in [0.717, 1.165) is 5.56 Å². The molecule has 0 saturated heterocycles. The molecule has 112 valence electrons. The third-order valence-electron chi connectivity index (χ3n) is 3.04. The molecule has 1 rings (SSSR count). The zero-order chi connectivity index (χ0) is 15.7. The fourth-order valence-electron chi connectivity index (χ4n) is 1.99. The number of aliphatic carboxylic acids is 2. The molecule has 0 saturated carbocycles. The first-order valence-electron chi connectivity index (χ1n) is 6.67. The minimum Gasteiger partial charge on any atom is -0.481 e. The molecular formula is C15H18N2O4. The van der Waals surface area contributed by atoms with Gasteiger partial charge in [-0.25, -0.2) is 0 Å². The van der Waals surface area contributed by atoms with Gasteiger partial charge in [0.05, 0.1) is 18.1 Å². The van der Waals surface area contributed by atoms with Gasteiger partial charge in [0.15, 0.2) is 0 Å². The molecule has 1 aromatic carbocycles. The quantitative estimate of drug-likeness (QED) is 0.717. The van der Waals surface area contributed by atoms with Gasteiger partial charge in [-0.05, 0) is 24.6 Å². The Kier molecular flexibility index (Phi) is 6.92. The highest BCUT2D eigenvalue weighted by atomic mass is 16.4. The summed E-state index contributed by atoms with van der Waals surface area (Å²) in [6.07, 6.45) is 0.481. The Morgan fingerprint density at radius 1 is 1.10 bits per heavy atom. The molecule has 0 bridgehead atoms. The summed E-state index contributed by atoms with van der Waals surface area (Å²) >= 11 is 0. The van der Waals surface area contributed by atoms with Crippen molar-refractivity contribution in [1.29, 1.82) is 5.26 Å². The first-order valence-corrected chi connectivity index (χ1v) is 6.67. The van der Waals surface area contributed by atoms with E-state index in [1.54, 1.807) is 12.1 Å². The molecule has 0 spiro atoms. The van der Waals surface area contributed by atoms with Gasteiger partial charge in [0.1, 0.15) is 0 Å². The predicted molar refractivity (Wildman–Crippen MR) is 75.6 cm³/mol. The molecule has 6 nitrogen and oxygen atoms in total. The smallest absolute Gasteiger partial charge is 0.304 e. The molecule has 0 unspecified atom stereocenters. The Balaban J connectivity index is 2.68. The van der Waals surface area contributed by atoms with Crippen LogP contribution in [0.15, 0.2) is 24.3 Å². The topological polar surface area (TPSA) is 102 Å². The molecule has 0 radical (unpaired) electrons. The average Bonchev–Trinajstić information content (AvgIpc) is 2.44. The average molecular weight is 290 g/mol. The maximum Gasteiger partial charge on any atom is 0.304 e. The van der Waals surface area contributed by atoms with E-state index in [2.05, 4.69) is 6.07 Å². The van der Waals surface area contributed by atoms with Crippen molar-refractivity contribution in [1.82, 2.24) is 4.90 Å². The Bertz CT molecular complexity index is 537. The van der Waals surface area contributed by atoms with Crippen LogP contribution in [0, 0.1) is 11.3 Å². The van der Waals surface area contributed by atoms with Crippen LogP contribution >= 0.6 is 0 Å². The molecule has 0 aromatic heterocycles. The van der Waals surface area contributed by atoms with E-state index >= 15 is 0 Å². The molecule has 0 aliphatic rings. The second kappa shape index (κ2) is 8.72. The molecule has 0 heterocycles. The summed E-state index contributed by atoms with van der Waals surface area (Å²) in [6, 6.07) is 9.23. The van der Waals surface area contributed by atoms with Crippen LogP contribution in [0.2, 0.25) is 0 Å². The summed E-state index contributed by atoms with van der Waals surface area (Å²) in [5, 5.41) is 26.5. The van der Waals surface area contributed by atoms with E-state index in [1.165, 1.54) is 0 Å². The van der Waals surface area contributed by atoms with Gasteiger partial charge < -0.3 is 10.2 Å². The number of carboxylic acid groups (broad SMARTS) is 2. The molecule has 1 aromatic rings. The van der Waals surface area contributed by atoms with Gasteiger partial charge in [0.2, 0.25) is 0 Å². The third-order valence-corrected chi connectivity index (χ3v) is 3.04.